The number of amides is 1. The number of benzene rings is 2. The smallest absolute Gasteiger partial charge is 0.237 e. The summed E-state index contributed by atoms with van der Waals surface area (Å²) in [5, 5.41) is 15.8. The number of carbonyl (C=O) groups is 1. The fraction of sp³-hybridized carbons (Fsp3) is 0.250. The van der Waals surface area contributed by atoms with E-state index in [4.69, 9.17) is 11.6 Å². The van der Waals surface area contributed by atoms with Crippen molar-refractivity contribution in [3.05, 3.63) is 65.4 Å². The van der Waals surface area contributed by atoms with Crippen molar-refractivity contribution in [1.29, 1.82) is 0 Å². The quantitative estimate of drug-likeness (QED) is 0.522. The molecule has 1 atom stereocenters. The molecule has 0 aliphatic rings. The second-order valence-corrected chi connectivity index (χ2v) is 7.81. The van der Waals surface area contributed by atoms with Gasteiger partial charge in [0.15, 0.2) is 11.0 Å². The van der Waals surface area contributed by atoms with Gasteiger partial charge in [-0.1, -0.05) is 53.7 Å². The van der Waals surface area contributed by atoms with Crippen LogP contribution in [-0.2, 0) is 17.9 Å². The average molecular weight is 416 g/mol. The molecule has 8 heteroatoms. The molecule has 0 aliphatic heterocycles. The maximum atomic E-state index is 12.5. The molecule has 2 N–H and O–H groups in total. The molecule has 28 heavy (non-hydrogen) atoms. The lowest BCUT2D eigenvalue weighted by atomic mass is 10.3. The zero-order valence-corrected chi connectivity index (χ0v) is 17.3. The van der Waals surface area contributed by atoms with Gasteiger partial charge in [0.05, 0.1) is 22.5 Å². The normalized spacial score (nSPS) is 11.8. The number of para-hydroxylation sites is 2. The lowest BCUT2D eigenvalue weighted by Gasteiger charge is -2.13. The number of hydrogen-bond donors (Lipinski definition) is 2. The molecule has 1 heterocycles. The van der Waals surface area contributed by atoms with Gasteiger partial charge in [-0.15, -0.1) is 10.2 Å². The van der Waals surface area contributed by atoms with Gasteiger partial charge in [-0.25, -0.2) is 0 Å². The minimum absolute atomic E-state index is 0.0717. The third-order valence-corrected chi connectivity index (χ3v) is 5.52. The van der Waals surface area contributed by atoms with Crippen LogP contribution in [0.4, 0.5) is 11.4 Å². The number of thioether (sulfide) groups is 1. The molecule has 0 bridgehead atoms. The van der Waals surface area contributed by atoms with Gasteiger partial charge < -0.3 is 15.2 Å². The highest BCUT2D eigenvalue weighted by Crippen LogP contribution is 2.25. The van der Waals surface area contributed by atoms with Gasteiger partial charge in [-0.05, 0) is 38.1 Å². The van der Waals surface area contributed by atoms with Crippen LogP contribution < -0.4 is 10.6 Å². The zero-order valence-electron chi connectivity index (χ0n) is 15.7. The second-order valence-electron chi connectivity index (χ2n) is 6.09. The van der Waals surface area contributed by atoms with E-state index in [1.54, 1.807) is 0 Å². The summed E-state index contributed by atoms with van der Waals surface area (Å²) in [6, 6.07) is 17.0. The summed E-state index contributed by atoms with van der Waals surface area (Å²) in [7, 11) is 0. The van der Waals surface area contributed by atoms with Gasteiger partial charge in [-0.3, -0.25) is 4.79 Å². The van der Waals surface area contributed by atoms with Crippen LogP contribution in [0.3, 0.4) is 0 Å². The van der Waals surface area contributed by atoms with E-state index in [2.05, 4.69) is 20.8 Å². The van der Waals surface area contributed by atoms with E-state index in [0.29, 0.717) is 23.3 Å². The number of nitrogens with zero attached hydrogens (tertiary/aromatic N) is 3. The number of rotatable bonds is 8. The van der Waals surface area contributed by atoms with Gasteiger partial charge in [0.2, 0.25) is 5.91 Å². The molecule has 0 aliphatic carbocycles. The summed E-state index contributed by atoms with van der Waals surface area (Å²) in [6.07, 6.45) is 0. The van der Waals surface area contributed by atoms with Gasteiger partial charge in [-0.2, -0.15) is 0 Å². The molecular weight excluding hydrogens is 394 g/mol. The topological polar surface area (TPSA) is 71.8 Å². The Balaban J connectivity index is 1.64. The van der Waals surface area contributed by atoms with Crippen LogP contribution in [0.25, 0.3) is 0 Å². The van der Waals surface area contributed by atoms with Crippen molar-refractivity contribution in [3.8, 4) is 0 Å². The first kappa shape index (κ1) is 20.2. The summed E-state index contributed by atoms with van der Waals surface area (Å²) in [4.78, 5) is 12.5. The Morgan fingerprint density at radius 3 is 2.57 bits per heavy atom. The number of nitrogens with one attached hydrogen (secondary N) is 2. The fourth-order valence-corrected chi connectivity index (χ4v) is 3.74. The SMILES string of the molecule is CCn1c(CNc2ccccc2Cl)nnc1S[C@@H](C)C(=O)Nc1ccccc1. The summed E-state index contributed by atoms with van der Waals surface area (Å²) in [5.41, 5.74) is 1.63. The first-order chi connectivity index (χ1) is 13.6. The largest absolute Gasteiger partial charge is 0.377 e. The van der Waals surface area contributed by atoms with Crippen molar-refractivity contribution in [1.82, 2.24) is 14.8 Å². The van der Waals surface area contributed by atoms with Crippen molar-refractivity contribution in [2.24, 2.45) is 0 Å². The third kappa shape index (κ3) is 5.05. The van der Waals surface area contributed by atoms with Crippen molar-refractivity contribution in [2.75, 3.05) is 10.6 Å². The molecule has 2 aromatic carbocycles. The summed E-state index contributed by atoms with van der Waals surface area (Å²) < 4.78 is 2.00. The van der Waals surface area contributed by atoms with Gasteiger partial charge in [0.25, 0.3) is 0 Å². The van der Waals surface area contributed by atoms with E-state index >= 15 is 0 Å². The molecule has 6 nitrogen and oxygen atoms in total. The highest BCUT2D eigenvalue weighted by Gasteiger charge is 2.19. The number of hydrogen-bond acceptors (Lipinski definition) is 5. The van der Waals surface area contributed by atoms with Crippen molar-refractivity contribution in [3.63, 3.8) is 0 Å². The van der Waals surface area contributed by atoms with Crippen LogP contribution in [0.5, 0.6) is 0 Å². The average Bonchev–Trinajstić information content (AvgIpc) is 3.09. The molecule has 3 rings (SSSR count). The summed E-state index contributed by atoms with van der Waals surface area (Å²) in [5.74, 6) is 0.721. The molecule has 1 aromatic heterocycles. The molecule has 0 saturated carbocycles. The molecule has 1 amide bonds. The third-order valence-electron chi connectivity index (χ3n) is 4.11. The Kier molecular flexibility index (Phi) is 6.95. The maximum absolute atomic E-state index is 12.5. The van der Waals surface area contributed by atoms with Gasteiger partial charge in [0, 0.05) is 12.2 Å². The second kappa shape index (κ2) is 9.61. The van der Waals surface area contributed by atoms with Crippen molar-refractivity contribution in [2.45, 2.75) is 37.3 Å². The highest BCUT2D eigenvalue weighted by molar-refractivity contribution is 8.00. The lowest BCUT2D eigenvalue weighted by molar-refractivity contribution is -0.115. The number of aromatic nitrogens is 3. The zero-order chi connectivity index (χ0) is 19.9. The van der Waals surface area contributed by atoms with E-state index in [1.807, 2.05) is 73.0 Å². The van der Waals surface area contributed by atoms with E-state index in [-0.39, 0.29) is 11.2 Å². The van der Waals surface area contributed by atoms with Crippen molar-refractivity contribution >= 4 is 40.6 Å². The number of halogens is 1. The number of anilines is 2. The lowest BCUT2D eigenvalue weighted by Crippen LogP contribution is -2.23. The summed E-state index contributed by atoms with van der Waals surface area (Å²) in [6.45, 7) is 5.10. The van der Waals surface area contributed by atoms with Crippen molar-refractivity contribution < 1.29 is 4.79 Å². The monoisotopic (exact) mass is 415 g/mol. The minimum Gasteiger partial charge on any atom is -0.377 e. The van der Waals surface area contributed by atoms with E-state index in [9.17, 15) is 4.79 Å². The molecule has 0 fully saturated rings. The maximum Gasteiger partial charge on any atom is 0.237 e. The molecule has 0 spiro atoms. The molecule has 3 aromatic rings. The summed E-state index contributed by atoms with van der Waals surface area (Å²) >= 11 is 7.58. The Morgan fingerprint density at radius 2 is 1.86 bits per heavy atom. The Bertz CT molecular complexity index is 931. The molecular formula is C20H22ClN5OS. The Hall–Kier alpha value is -2.51. The van der Waals surface area contributed by atoms with Gasteiger partial charge >= 0.3 is 0 Å². The standard InChI is InChI=1S/C20H22ClN5OS/c1-3-26-18(13-22-17-12-8-7-11-16(17)21)24-25-20(26)28-14(2)19(27)23-15-9-5-4-6-10-15/h4-12,14,22H,3,13H2,1-2H3,(H,23,27)/t14-/m0/s1. The first-order valence-electron chi connectivity index (χ1n) is 9.01. The molecule has 0 saturated heterocycles. The predicted octanol–water partition coefficient (Wildman–Crippen LogP) is 4.68. The highest BCUT2D eigenvalue weighted by atomic mass is 35.5. The Labute approximate surface area is 173 Å². The van der Waals surface area contributed by atoms with Gasteiger partial charge in [0.1, 0.15) is 0 Å². The predicted molar refractivity (Wildman–Crippen MR) is 115 cm³/mol. The van der Waals surface area contributed by atoms with E-state index in [0.717, 1.165) is 17.2 Å². The molecule has 0 radical (unpaired) electrons. The number of carbonyl (C=O) groups excluding carboxylic acids is 1. The first-order valence-corrected chi connectivity index (χ1v) is 10.3. The van der Waals surface area contributed by atoms with Crippen LogP contribution in [-0.4, -0.2) is 25.9 Å². The molecule has 0 unspecified atom stereocenters. The Morgan fingerprint density at radius 1 is 1.14 bits per heavy atom. The van der Waals surface area contributed by atoms with Crippen LogP contribution in [0.1, 0.15) is 19.7 Å². The van der Waals surface area contributed by atoms with E-state index < -0.39 is 0 Å². The van der Waals surface area contributed by atoms with Crippen LogP contribution in [0.15, 0.2) is 59.8 Å². The minimum atomic E-state index is -0.306. The fourth-order valence-electron chi connectivity index (χ4n) is 2.61. The van der Waals surface area contributed by atoms with E-state index in [1.165, 1.54) is 11.8 Å². The van der Waals surface area contributed by atoms with Crippen LogP contribution in [0.2, 0.25) is 5.02 Å². The van der Waals surface area contributed by atoms with Crippen LogP contribution >= 0.6 is 23.4 Å². The van der Waals surface area contributed by atoms with Crippen LogP contribution in [0, 0.1) is 0 Å². The molecule has 146 valence electrons.